The number of hydrogen-bond donors (Lipinski definition) is 1. The third-order valence-corrected chi connectivity index (χ3v) is 6.34. The maximum Gasteiger partial charge on any atom is 0.243 e. The Balaban J connectivity index is 2.23. The maximum absolute atomic E-state index is 12.8. The lowest BCUT2D eigenvalue weighted by atomic mass is 9.98. The van der Waals surface area contributed by atoms with E-state index in [-0.39, 0.29) is 6.04 Å². The van der Waals surface area contributed by atoms with Crippen molar-refractivity contribution in [1.29, 1.82) is 0 Å². The zero-order valence-corrected chi connectivity index (χ0v) is 14.7. The zero-order chi connectivity index (χ0) is 16.4. The molecule has 0 bridgehead atoms. The molecule has 1 aliphatic heterocycles. The quantitative estimate of drug-likeness (QED) is 0.806. The molecular formula is C16H24ClNO3S. The van der Waals surface area contributed by atoms with E-state index >= 15 is 0 Å². The molecule has 0 aliphatic carbocycles. The second-order valence-corrected chi connectivity index (χ2v) is 8.63. The molecule has 0 saturated carbocycles. The van der Waals surface area contributed by atoms with Gasteiger partial charge in [-0.2, -0.15) is 4.31 Å². The van der Waals surface area contributed by atoms with Gasteiger partial charge in [0.1, 0.15) is 0 Å². The molecule has 1 aliphatic rings. The van der Waals surface area contributed by atoms with Crippen LogP contribution >= 0.6 is 11.6 Å². The summed E-state index contributed by atoms with van der Waals surface area (Å²) in [4.78, 5) is 0.290. The lowest BCUT2D eigenvalue weighted by Crippen LogP contribution is -2.48. The average molecular weight is 346 g/mol. The molecule has 1 aromatic carbocycles. The zero-order valence-electron chi connectivity index (χ0n) is 13.1. The van der Waals surface area contributed by atoms with Crippen LogP contribution in [0.15, 0.2) is 29.2 Å². The highest BCUT2D eigenvalue weighted by molar-refractivity contribution is 7.89. The van der Waals surface area contributed by atoms with Crippen molar-refractivity contribution in [3.05, 3.63) is 29.8 Å². The number of hydrogen-bond acceptors (Lipinski definition) is 3. The third kappa shape index (κ3) is 3.82. The van der Waals surface area contributed by atoms with Crippen LogP contribution in [0.1, 0.15) is 38.7 Å². The number of benzene rings is 1. The summed E-state index contributed by atoms with van der Waals surface area (Å²) in [5, 5.41) is 10.2. The van der Waals surface area contributed by atoms with E-state index in [1.807, 2.05) is 12.1 Å². The van der Waals surface area contributed by atoms with Crippen LogP contribution in [0.5, 0.6) is 0 Å². The van der Waals surface area contributed by atoms with Crippen LogP contribution < -0.4 is 0 Å². The van der Waals surface area contributed by atoms with Gasteiger partial charge in [-0.25, -0.2) is 8.42 Å². The molecule has 22 heavy (non-hydrogen) atoms. The highest BCUT2D eigenvalue weighted by atomic mass is 35.5. The van der Waals surface area contributed by atoms with Gasteiger partial charge in [-0.15, -0.1) is 11.6 Å². The van der Waals surface area contributed by atoms with Crippen LogP contribution in [-0.2, 0) is 16.4 Å². The molecule has 1 unspecified atom stereocenters. The largest absolute Gasteiger partial charge is 0.389 e. The molecule has 0 spiro atoms. The molecule has 0 aromatic heterocycles. The fourth-order valence-electron chi connectivity index (χ4n) is 2.97. The van der Waals surface area contributed by atoms with Gasteiger partial charge in [0.15, 0.2) is 0 Å². The molecule has 1 saturated heterocycles. The Hall–Kier alpha value is -0.620. The van der Waals surface area contributed by atoms with E-state index in [1.165, 1.54) is 4.31 Å². The normalized spacial score (nSPS) is 20.5. The summed E-state index contributed by atoms with van der Waals surface area (Å²) in [6.45, 7) is 3.80. The van der Waals surface area contributed by atoms with Crippen molar-refractivity contribution in [3.8, 4) is 0 Å². The highest BCUT2D eigenvalue weighted by Crippen LogP contribution is 2.32. The Labute approximate surface area is 138 Å². The minimum absolute atomic E-state index is 0.290. The van der Waals surface area contributed by atoms with Crippen molar-refractivity contribution < 1.29 is 13.5 Å². The first-order valence-corrected chi connectivity index (χ1v) is 9.63. The first-order valence-electron chi connectivity index (χ1n) is 7.66. The second-order valence-electron chi connectivity index (χ2n) is 6.36. The highest BCUT2D eigenvalue weighted by Gasteiger charge is 2.42. The Morgan fingerprint density at radius 1 is 1.32 bits per heavy atom. The van der Waals surface area contributed by atoms with E-state index < -0.39 is 15.6 Å². The van der Waals surface area contributed by atoms with Crippen LogP contribution in [0.3, 0.4) is 0 Å². The molecule has 2 rings (SSSR count). The van der Waals surface area contributed by atoms with Gasteiger partial charge < -0.3 is 5.11 Å². The molecule has 1 N–H and O–H groups in total. The van der Waals surface area contributed by atoms with Crippen LogP contribution in [0.4, 0.5) is 0 Å². The van der Waals surface area contributed by atoms with Gasteiger partial charge in [0.2, 0.25) is 10.0 Å². The van der Waals surface area contributed by atoms with Crippen molar-refractivity contribution in [2.75, 3.05) is 12.4 Å². The lowest BCUT2D eigenvalue weighted by molar-refractivity contribution is 0.0215. The van der Waals surface area contributed by atoms with E-state index in [9.17, 15) is 13.5 Å². The average Bonchev–Trinajstić information content (AvgIpc) is 2.96. The van der Waals surface area contributed by atoms with Crippen molar-refractivity contribution in [1.82, 2.24) is 4.31 Å². The Bertz CT molecular complexity index is 593. The van der Waals surface area contributed by atoms with Crippen LogP contribution in [0, 0.1) is 0 Å². The van der Waals surface area contributed by atoms with Crippen LogP contribution in [0.2, 0.25) is 0 Å². The van der Waals surface area contributed by atoms with E-state index in [1.54, 1.807) is 26.0 Å². The van der Waals surface area contributed by atoms with Gasteiger partial charge in [0, 0.05) is 12.4 Å². The van der Waals surface area contributed by atoms with Crippen molar-refractivity contribution in [2.45, 2.75) is 56.1 Å². The van der Waals surface area contributed by atoms with Gasteiger partial charge in [-0.1, -0.05) is 12.1 Å². The van der Waals surface area contributed by atoms with Crippen molar-refractivity contribution in [3.63, 3.8) is 0 Å². The monoisotopic (exact) mass is 345 g/mol. The SMILES string of the molecule is CC(C)(O)C1CCCN1S(=O)(=O)c1ccc(CCCCl)cc1. The Morgan fingerprint density at radius 2 is 1.95 bits per heavy atom. The molecule has 1 aromatic rings. The Morgan fingerprint density at radius 3 is 2.50 bits per heavy atom. The van der Waals surface area contributed by atoms with Gasteiger partial charge in [0.05, 0.1) is 16.5 Å². The first-order chi connectivity index (χ1) is 10.3. The van der Waals surface area contributed by atoms with Crippen LogP contribution in [0.25, 0.3) is 0 Å². The minimum Gasteiger partial charge on any atom is -0.389 e. The fraction of sp³-hybridized carbons (Fsp3) is 0.625. The number of halogens is 1. The summed E-state index contributed by atoms with van der Waals surface area (Å²) in [5.41, 5.74) is 0.0456. The third-order valence-electron chi connectivity index (χ3n) is 4.15. The topological polar surface area (TPSA) is 57.6 Å². The number of sulfonamides is 1. The molecule has 0 radical (unpaired) electrons. The van der Waals surface area contributed by atoms with Gasteiger partial charge in [-0.05, 0) is 57.2 Å². The molecule has 1 fully saturated rings. The summed E-state index contributed by atoms with van der Waals surface area (Å²) in [7, 11) is -3.56. The summed E-state index contributed by atoms with van der Waals surface area (Å²) >= 11 is 5.67. The van der Waals surface area contributed by atoms with Crippen LogP contribution in [-0.4, -0.2) is 41.9 Å². The number of aryl methyl sites for hydroxylation is 1. The molecular weight excluding hydrogens is 322 g/mol. The molecule has 1 atom stereocenters. The second kappa shape index (κ2) is 6.87. The van der Waals surface area contributed by atoms with E-state index in [0.29, 0.717) is 23.7 Å². The molecule has 0 amide bonds. The summed E-state index contributed by atoms with van der Waals surface area (Å²) in [6, 6.07) is 6.62. The predicted octanol–water partition coefficient (Wildman–Crippen LogP) is 2.78. The van der Waals surface area contributed by atoms with Gasteiger partial charge in [-0.3, -0.25) is 0 Å². The van der Waals surface area contributed by atoms with E-state index in [2.05, 4.69) is 0 Å². The lowest BCUT2D eigenvalue weighted by Gasteiger charge is -2.33. The summed E-state index contributed by atoms with van der Waals surface area (Å²) < 4.78 is 27.1. The van der Waals surface area contributed by atoms with Gasteiger partial charge in [0.25, 0.3) is 0 Å². The van der Waals surface area contributed by atoms with Crippen molar-refractivity contribution in [2.24, 2.45) is 0 Å². The molecule has 124 valence electrons. The predicted molar refractivity (Wildman–Crippen MR) is 88.7 cm³/mol. The summed E-state index contributed by atoms with van der Waals surface area (Å²) in [5.74, 6) is 0.598. The Kier molecular flexibility index (Phi) is 5.54. The maximum atomic E-state index is 12.8. The number of alkyl halides is 1. The standard InChI is InChI=1S/C16H24ClNO3S/c1-16(2,19)15-6-4-12-18(15)22(20,21)14-9-7-13(8-10-14)5-3-11-17/h7-10,15,19H,3-6,11-12H2,1-2H3. The molecule has 1 heterocycles. The first kappa shape index (κ1) is 17.7. The van der Waals surface area contributed by atoms with Crippen molar-refractivity contribution >= 4 is 21.6 Å². The van der Waals surface area contributed by atoms with Gasteiger partial charge >= 0.3 is 0 Å². The van der Waals surface area contributed by atoms with E-state index in [4.69, 9.17) is 11.6 Å². The number of rotatable bonds is 6. The van der Waals surface area contributed by atoms with E-state index in [0.717, 1.165) is 24.8 Å². The minimum atomic E-state index is -3.56. The number of aliphatic hydroxyl groups is 1. The molecule has 6 heteroatoms. The summed E-state index contributed by atoms with van der Waals surface area (Å²) in [6.07, 6.45) is 3.19. The smallest absolute Gasteiger partial charge is 0.243 e. The number of nitrogens with zero attached hydrogens (tertiary/aromatic N) is 1. The molecule has 4 nitrogen and oxygen atoms in total. The fourth-order valence-corrected chi connectivity index (χ4v) is 4.92.